The molecular weight excluding hydrogens is 212 g/mol. The topological polar surface area (TPSA) is 26.3 Å². The van der Waals surface area contributed by atoms with Gasteiger partial charge < -0.3 is 4.74 Å². The molecule has 0 bridgehead atoms. The Hall–Kier alpha value is -1.31. The van der Waals surface area contributed by atoms with E-state index < -0.39 is 0 Å². The summed E-state index contributed by atoms with van der Waals surface area (Å²) in [5.41, 5.74) is 1.81. The van der Waals surface area contributed by atoms with Crippen LogP contribution in [0.3, 0.4) is 0 Å². The number of Topliss-reactive ketones (excluding diaryl/α,β-unsaturated/α-hetero) is 1. The van der Waals surface area contributed by atoms with Gasteiger partial charge in [-0.1, -0.05) is 24.5 Å². The largest absolute Gasteiger partial charge is 0.493 e. The van der Waals surface area contributed by atoms with Crippen molar-refractivity contribution in [2.45, 2.75) is 39.5 Å². The first-order valence-electron chi connectivity index (χ1n) is 6.41. The lowest BCUT2D eigenvalue weighted by Crippen LogP contribution is -2.10. The summed E-state index contributed by atoms with van der Waals surface area (Å²) in [5, 5.41) is 0. The normalized spacial score (nSPS) is 16.1. The molecule has 0 radical (unpaired) electrons. The first-order valence-corrected chi connectivity index (χ1v) is 6.41. The molecular formula is C15H20O2. The SMILES string of the molecule is CC(=O)c1cc(C)ccc1OCC1CCCC1. The van der Waals surface area contributed by atoms with Crippen LogP contribution in [0.5, 0.6) is 5.75 Å². The highest BCUT2D eigenvalue weighted by Gasteiger charge is 2.17. The van der Waals surface area contributed by atoms with E-state index in [0.717, 1.165) is 17.9 Å². The minimum Gasteiger partial charge on any atom is -0.493 e. The van der Waals surface area contributed by atoms with E-state index in [1.54, 1.807) is 6.92 Å². The van der Waals surface area contributed by atoms with Crippen molar-refractivity contribution in [3.63, 3.8) is 0 Å². The molecule has 1 aromatic carbocycles. The predicted octanol–water partition coefficient (Wildman–Crippen LogP) is 3.77. The average molecular weight is 232 g/mol. The number of ketones is 1. The third kappa shape index (κ3) is 3.09. The van der Waals surface area contributed by atoms with Gasteiger partial charge in [-0.25, -0.2) is 0 Å². The summed E-state index contributed by atoms with van der Waals surface area (Å²) in [6, 6.07) is 5.82. The standard InChI is InChI=1S/C15H20O2/c1-11-7-8-15(14(9-11)12(2)16)17-10-13-5-3-4-6-13/h7-9,13H,3-6,10H2,1-2H3. The molecule has 0 saturated heterocycles. The van der Waals surface area contributed by atoms with Gasteiger partial charge in [-0.05, 0) is 44.7 Å². The highest BCUT2D eigenvalue weighted by molar-refractivity contribution is 5.97. The summed E-state index contributed by atoms with van der Waals surface area (Å²) in [6.45, 7) is 4.34. The van der Waals surface area contributed by atoms with Crippen LogP contribution in [0.2, 0.25) is 0 Å². The second kappa shape index (κ2) is 5.35. The van der Waals surface area contributed by atoms with Crippen molar-refractivity contribution in [1.29, 1.82) is 0 Å². The van der Waals surface area contributed by atoms with E-state index in [1.165, 1.54) is 25.7 Å². The van der Waals surface area contributed by atoms with Crippen LogP contribution in [0.25, 0.3) is 0 Å². The first kappa shape index (κ1) is 12.2. The smallest absolute Gasteiger partial charge is 0.163 e. The molecule has 0 aromatic heterocycles. The third-order valence-corrected chi connectivity index (χ3v) is 3.46. The van der Waals surface area contributed by atoms with Gasteiger partial charge in [-0.3, -0.25) is 4.79 Å². The van der Waals surface area contributed by atoms with Gasteiger partial charge in [0, 0.05) is 0 Å². The lowest BCUT2D eigenvalue weighted by Gasteiger charge is -2.14. The molecule has 1 saturated carbocycles. The highest BCUT2D eigenvalue weighted by Crippen LogP contribution is 2.27. The van der Waals surface area contributed by atoms with Crippen LogP contribution < -0.4 is 4.74 Å². The lowest BCUT2D eigenvalue weighted by molar-refractivity contribution is 0.101. The number of hydrogen-bond acceptors (Lipinski definition) is 2. The number of ether oxygens (including phenoxy) is 1. The Labute approximate surface area is 103 Å². The Morgan fingerprint density at radius 3 is 2.71 bits per heavy atom. The molecule has 1 fully saturated rings. The van der Waals surface area contributed by atoms with Crippen molar-refractivity contribution in [2.24, 2.45) is 5.92 Å². The van der Waals surface area contributed by atoms with Crippen molar-refractivity contribution < 1.29 is 9.53 Å². The fourth-order valence-corrected chi connectivity index (χ4v) is 2.43. The minimum atomic E-state index is 0.0788. The molecule has 1 aliphatic carbocycles. The molecule has 2 heteroatoms. The predicted molar refractivity (Wildman–Crippen MR) is 68.6 cm³/mol. The van der Waals surface area contributed by atoms with E-state index >= 15 is 0 Å². The maximum Gasteiger partial charge on any atom is 0.163 e. The molecule has 0 heterocycles. The monoisotopic (exact) mass is 232 g/mol. The summed E-state index contributed by atoms with van der Waals surface area (Å²) >= 11 is 0. The van der Waals surface area contributed by atoms with Crippen molar-refractivity contribution >= 4 is 5.78 Å². The van der Waals surface area contributed by atoms with Gasteiger partial charge in [0.25, 0.3) is 0 Å². The van der Waals surface area contributed by atoms with Gasteiger partial charge in [0.1, 0.15) is 5.75 Å². The molecule has 1 aromatic rings. The Kier molecular flexibility index (Phi) is 3.82. The van der Waals surface area contributed by atoms with E-state index in [9.17, 15) is 4.79 Å². The van der Waals surface area contributed by atoms with Crippen LogP contribution in [0.15, 0.2) is 18.2 Å². The van der Waals surface area contributed by atoms with Gasteiger partial charge in [0.2, 0.25) is 0 Å². The molecule has 0 spiro atoms. The molecule has 2 rings (SSSR count). The van der Waals surface area contributed by atoms with Gasteiger partial charge in [-0.2, -0.15) is 0 Å². The summed E-state index contributed by atoms with van der Waals surface area (Å²) in [5.74, 6) is 1.50. The van der Waals surface area contributed by atoms with Crippen molar-refractivity contribution in [3.05, 3.63) is 29.3 Å². The number of carbonyl (C=O) groups is 1. The van der Waals surface area contributed by atoms with Crippen molar-refractivity contribution in [1.82, 2.24) is 0 Å². The van der Waals surface area contributed by atoms with Gasteiger partial charge >= 0.3 is 0 Å². The Balaban J connectivity index is 2.06. The van der Waals surface area contributed by atoms with Crippen molar-refractivity contribution in [2.75, 3.05) is 6.61 Å². The van der Waals surface area contributed by atoms with Gasteiger partial charge in [0.15, 0.2) is 5.78 Å². The lowest BCUT2D eigenvalue weighted by atomic mass is 10.1. The number of carbonyl (C=O) groups excluding carboxylic acids is 1. The summed E-state index contributed by atoms with van der Waals surface area (Å²) in [7, 11) is 0. The van der Waals surface area contributed by atoms with E-state index in [-0.39, 0.29) is 5.78 Å². The molecule has 17 heavy (non-hydrogen) atoms. The average Bonchev–Trinajstić information content (AvgIpc) is 2.80. The van der Waals surface area contributed by atoms with E-state index in [0.29, 0.717) is 11.5 Å². The van der Waals surface area contributed by atoms with E-state index in [2.05, 4.69) is 0 Å². The molecule has 0 atom stereocenters. The molecule has 1 aliphatic rings. The molecule has 0 unspecified atom stereocenters. The van der Waals surface area contributed by atoms with E-state index in [4.69, 9.17) is 4.74 Å². The maximum atomic E-state index is 11.5. The van der Waals surface area contributed by atoms with Crippen LogP contribution in [0.4, 0.5) is 0 Å². The number of rotatable bonds is 4. The number of hydrogen-bond donors (Lipinski definition) is 0. The second-order valence-corrected chi connectivity index (χ2v) is 5.02. The van der Waals surface area contributed by atoms with Crippen LogP contribution in [-0.2, 0) is 0 Å². The molecule has 92 valence electrons. The zero-order valence-electron chi connectivity index (χ0n) is 10.7. The molecule has 0 aliphatic heterocycles. The summed E-state index contributed by atoms with van der Waals surface area (Å²) in [6.07, 6.45) is 5.17. The van der Waals surface area contributed by atoms with Gasteiger partial charge in [0.05, 0.1) is 12.2 Å². The third-order valence-electron chi connectivity index (χ3n) is 3.46. The number of aryl methyl sites for hydroxylation is 1. The molecule has 2 nitrogen and oxygen atoms in total. The van der Waals surface area contributed by atoms with E-state index in [1.807, 2.05) is 25.1 Å². The van der Waals surface area contributed by atoms with Crippen molar-refractivity contribution in [3.8, 4) is 5.75 Å². The maximum absolute atomic E-state index is 11.5. The van der Waals surface area contributed by atoms with Crippen LogP contribution in [0, 0.1) is 12.8 Å². The fraction of sp³-hybridized carbons (Fsp3) is 0.533. The first-order chi connectivity index (χ1) is 8.16. The molecule has 0 N–H and O–H groups in total. The van der Waals surface area contributed by atoms with Crippen LogP contribution in [0.1, 0.15) is 48.5 Å². The summed E-state index contributed by atoms with van der Waals surface area (Å²) in [4.78, 5) is 11.5. The van der Waals surface area contributed by atoms with Gasteiger partial charge in [-0.15, -0.1) is 0 Å². The second-order valence-electron chi connectivity index (χ2n) is 5.02. The molecule has 0 amide bonds. The zero-order chi connectivity index (χ0) is 12.3. The quantitative estimate of drug-likeness (QED) is 0.739. The summed E-state index contributed by atoms with van der Waals surface area (Å²) < 4.78 is 5.82. The van der Waals surface area contributed by atoms with Crippen LogP contribution in [-0.4, -0.2) is 12.4 Å². The zero-order valence-corrected chi connectivity index (χ0v) is 10.7. The number of benzene rings is 1. The Morgan fingerprint density at radius 1 is 1.35 bits per heavy atom. The minimum absolute atomic E-state index is 0.0788. The Morgan fingerprint density at radius 2 is 2.06 bits per heavy atom. The van der Waals surface area contributed by atoms with Crippen LogP contribution >= 0.6 is 0 Å². The highest BCUT2D eigenvalue weighted by atomic mass is 16.5. The fourth-order valence-electron chi connectivity index (χ4n) is 2.43. The Bertz CT molecular complexity index is 403.